The first-order valence-corrected chi connectivity index (χ1v) is 6.79. The van der Waals surface area contributed by atoms with Crippen LogP contribution in [0.4, 0.5) is 5.69 Å². The van der Waals surface area contributed by atoms with E-state index in [4.69, 9.17) is 17.3 Å². The summed E-state index contributed by atoms with van der Waals surface area (Å²) in [5.74, 6) is -0.329. The molecule has 110 valence electrons. The number of amides is 2. The summed E-state index contributed by atoms with van der Waals surface area (Å²) in [6, 6.07) is 6.89. The number of nitrogens with one attached hydrogen (secondary N) is 2. The molecule has 0 fully saturated rings. The van der Waals surface area contributed by atoms with Gasteiger partial charge in [-0.2, -0.15) is 0 Å². The number of carbonyl (C=O) groups excluding carboxylic acids is 2. The van der Waals surface area contributed by atoms with E-state index in [0.717, 1.165) is 0 Å². The molecule has 0 saturated carbocycles. The molecule has 20 heavy (non-hydrogen) atoms. The summed E-state index contributed by atoms with van der Waals surface area (Å²) < 4.78 is 0. The zero-order valence-electron chi connectivity index (χ0n) is 11.7. The zero-order chi connectivity index (χ0) is 15.2. The summed E-state index contributed by atoms with van der Waals surface area (Å²) >= 11 is 5.75. The van der Waals surface area contributed by atoms with Crippen LogP contribution < -0.4 is 16.4 Å². The van der Waals surface area contributed by atoms with Gasteiger partial charge >= 0.3 is 0 Å². The lowest BCUT2D eigenvalue weighted by Gasteiger charge is -2.17. The number of halogens is 1. The third-order valence-electron chi connectivity index (χ3n) is 2.58. The van der Waals surface area contributed by atoms with Gasteiger partial charge in [-0.3, -0.25) is 9.59 Å². The third-order valence-corrected chi connectivity index (χ3v) is 2.83. The van der Waals surface area contributed by atoms with E-state index in [0.29, 0.717) is 30.1 Å². The standard InChI is InChI=1S/C14H20ClN3O2/c1-14(2,16)13(20)17-9-3-4-12(19)18-11-7-5-10(15)6-8-11/h5-8H,3-4,9,16H2,1-2H3,(H,17,20)(H,18,19). The second-order valence-corrected chi connectivity index (χ2v) is 5.57. The molecule has 0 atom stereocenters. The molecule has 4 N–H and O–H groups in total. The van der Waals surface area contributed by atoms with Crippen molar-refractivity contribution in [1.82, 2.24) is 5.32 Å². The van der Waals surface area contributed by atoms with Crippen molar-refractivity contribution in [3.05, 3.63) is 29.3 Å². The van der Waals surface area contributed by atoms with Gasteiger partial charge in [-0.25, -0.2) is 0 Å². The Morgan fingerprint density at radius 3 is 2.40 bits per heavy atom. The van der Waals surface area contributed by atoms with E-state index in [1.807, 2.05) is 0 Å². The smallest absolute Gasteiger partial charge is 0.239 e. The second-order valence-electron chi connectivity index (χ2n) is 5.14. The van der Waals surface area contributed by atoms with Gasteiger partial charge in [0.15, 0.2) is 0 Å². The van der Waals surface area contributed by atoms with E-state index < -0.39 is 5.54 Å². The Kier molecular flexibility index (Phi) is 5.98. The molecule has 0 aromatic heterocycles. The van der Waals surface area contributed by atoms with Gasteiger partial charge in [-0.15, -0.1) is 0 Å². The minimum absolute atomic E-state index is 0.103. The Bertz CT molecular complexity index is 466. The van der Waals surface area contributed by atoms with Gasteiger partial charge in [0.2, 0.25) is 11.8 Å². The first-order chi connectivity index (χ1) is 9.29. The molecule has 6 heteroatoms. The molecule has 0 radical (unpaired) electrons. The second kappa shape index (κ2) is 7.26. The van der Waals surface area contributed by atoms with Crippen LogP contribution in [0.25, 0.3) is 0 Å². The van der Waals surface area contributed by atoms with Crippen LogP contribution in [-0.4, -0.2) is 23.9 Å². The molecule has 0 unspecified atom stereocenters. The third kappa shape index (κ3) is 6.04. The quantitative estimate of drug-likeness (QED) is 0.701. The molecule has 0 aliphatic rings. The van der Waals surface area contributed by atoms with Crippen molar-refractivity contribution in [2.45, 2.75) is 32.2 Å². The predicted molar refractivity (Wildman–Crippen MR) is 80.6 cm³/mol. The van der Waals surface area contributed by atoms with E-state index in [2.05, 4.69) is 10.6 Å². The monoisotopic (exact) mass is 297 g/mol. The van der Waals surface area contributed by atoms with Crippen molar-refractivity contribution in [2.75, 3.05) is 11.9 Å². The molecule has 0 spiro atoms. The first-order valence-electron chi connectivity index (χ1n) is 6.41. The minimum atomic E-state index is -0.897. The van der Waals surface area contributed by atoms with Crippen molar-refractivity contribution < 1.29 is 9.59 Å². The largest absolute Gasteiger partial charge is 0.355 e. The van der Waals surface area contributed by atoms with E-state index >= 15 is 0 Å². The summed E-state index contributed by atoms with van der Waals surface area (Å²) in [6.07, 6.45) is 0.884. The van der Waals surface area contributed by atoms with Gasteiger partial charge in [-0.1, -0.05) is 11.6 Å². The maximum absolute atomic E-state index is 11.7. The summed E-state index contributed by atoms with van der Waals surface area (Å²) in [6.45, 7) is 3.69. The highest BCUT2D eigenvalue weighted by Crippen LogP contribution is 2.13. The summed E-state index contributed by atoms with van der Waals surface area (Å²) in [5.41, 5.74) is 5.44. The molecule has 1 aromatic carbocycles. The summed E-state index contributed by atoms with van der Waals surface area (Å²) in [4.78, 5) is 23.1. The fourth-order valence-corrected chi connectivity index (χ4v) is 1.56. The molecule has 0 heterocycles. The van der Waals surface area contributed by atoms with Gasteiger partial charge in [0.1, 0.15) is 0 Å². The van der Waals surface area contributed by atoms with Gasteiger partial charge < -0.3 is 16.4 Å². The van der Waals surface area contributed by atoms with Crippen molar-refractivity contribution in [3.8, 4) is 0 Å². The van der Waals surface area contributed by atoms with Crippen LogP contribution in [0, 0.1) is 0 Å². The van der Waals surface area contributed by atoms with E-state index in [1.54, 1.807) is 38.1 Å². The van der Waals surface area contributed by atoms with Crippen LogP contribution in [0.3, 0.4) is 0 Å². The van der Waals surface area contributed by atoms with Crippen molar-refractivity contribution in [1.29, 1.82) is 0 Å². The SMILES string of the molecule is CC(C)(N)C(=O)NCCCC(=O)Nc1ccc(Cl)cc1. The number of hydrogen-bond acceptors (Lipinski definition) is 3. The Morgan fingerprint density at radius 1 is 1.25 bits per heavy atom. The lowest BCUT2D eigenvalue weighted by molar-refractivity contribution is -0.125. The first kappa shape index (κ1) is 16.5. The molecule has 1 aromatic rings. The molecule has 1 rings (SSSR count). The van der Waals surface area contributed by atoms with Crippen molar-refractivity contribution in [2.24, 2.45) is 5.73 Å². The highest BCUT2D eigenvalue weighted by molar-refractivity contribution is 6.30. The van der Waals surface area contributed by atoms with Crippen LogP contribution in [0.2, 0.25) is 5.02 Å². The van der Waals surface area contributed by atoms with Crippen LogP contribution in [0.1, 0.15) is 26.7 Å². The van der Waals surface area contributed by atoms with Gasteiger partial charge in [0.05, 0.1) is 5.54 Å². The maximum Gasteiger partial charge on any atom is 0.239 e. The molecular formula is C14H20ClN3O2. The number of anilines is 1. The molecule has 0 bridgehead atoms. The molecule has 5 nitrogen and oxygen atoms in total. The highest BCUT2D eigenvalue weighted by Gasteiger charge is 2.20. The van der Waals surface area contributed by atoms with Gasteiger partial charge in [0, 0.05) is 23.7 Å². The average Bonchev–Trinajstić information content (AvgIpc) is 2.36. The normalized spacial score (nSPS) is 11.0. The van der Waals surface area contributed by atoms with Crippen LogP contribution in [-0.2, 0) is 9.59 Å². The molecule has 0 aliphatic carbocycles. The topological polar surface area (TPSA) is 84.2 Å². The van der Waals surface area contributed by atoms with Gasteiger partial charge in [-0.05, 0) is 44.5 Å². The van der Waals surface area contributed by atoms with Crippen molar-refractivity contribution in [3.63, 3.8) is 0 Å². The summed E-state index contributed by atoms with van der Waals surface area (Å²) in [5, 5.41) is 6.06. The van der Waals surface area contributed by atoms with E-state index in [9.17, 15) is 9.59 Å². The molecule has 0 saturated heterocycles. The van der Waals surface area contributed by atoms with E-state index in [-0.39, 0.29) is 11.8 Å². The Labute approximate surface area is 123 Å². The minimum Gasteiger partial charge on any atom is -0.355 e. The van der Waals surface area contributed by atoms with E-state index in [1.165, 1.54) is 0 Å². The Balaban J connectivity index is 2.24. The molecular weight excluding hydrogens is 278 g/mol. The average molecular weight is 298 g/mol. The number of rotatable bonds is 6. The Morgan fingerprint density at radius 2 is 1.85 bits per heavy atom. The number of hydrogen-bond donors (Lipinski definition) is 3. The summed E-state index contributed by atoms with van der Waals surface area (Å²) in [7, 11) is 0. The number of nitrogens with two attached hydrogens (primary N) is 1. The zero-order valence-corrected chi connectivity index (χ0v) is 12.5. The number of carbonyl (C=O) groups is 2. The van der Waals surface area contributed by atoms with Crippen LogP contribution >= 0.6 is 11.6 Å². The van der Waals surface area contributed by atoms with Crippen molar-refractivity contribution >= 4 is 29.1 Å². The van der Waals surface area contributed by atoms with Gasteiger partial charge in [0.25, 0.3) is 0 Å². The lowest BCUT2D eigenvalue weighted by atomic mass is 10.1. The fraction of sp³-hybridized carbons (Fsp3) is 0.429. The Hall–Kier alpha value is -1.59. The maximum atomic E-state index is 11.7. The highest BCUT2D eigenvalue weighted by atomic mass is 35.5. The lowest BCUT2D eigenvalue weighted by Crippen LogP contribution is -2.49. The van der Waals surface area contributed by atoms with Crippen LogP contribution in [0.5, 0.6) is 0 Å². The predicted octanol–water partition coefficient (Wildman–Crippen LogP) is 1.91. The van der Waals surface area contributed by atoms with Crippen LogP contribution in [0.15, 0.2) is 24.3 Å². The number of benzene rings is 1. The molecule has 2 amide bonds. The molecule has 0 aliphatic heterocycles. The fourth-order valence-electron chi connectivity index (χ4n) is 1.44.